The van der Waals surface area contributed by atoms with Gasteiger partial charge in [-0.25, -0.2) is 4.98 Å². The first kappa shape index (κ1) is 19.1. The van der Waals surface area contributed by atoms with E-state index in [9.17, 15) is 9.59 Å². The number of thiazole rings is 1. The molecule has 0 unspecified atom stereocenters. The molecule has 0 N–H and O–H groups in total. The van der Waals surface area contributed by atoms with Gasteiger partial charge >= 0.3 is 0 Å². The van der Waals surface area contributed by atoms with Crippen LogP contribution in [-0.2, 0) is 9.53 Å². The number of likely N-dealkylation sites (tertiary alicyclic amines) is 1. The maximum absolute atomic E-state index is 13.0. The molecular formula is C21H25N3O3S. The van der Waals surface area contributed by atoms with Crippen molar-refractivity contribution in [2.45, 2.75) is 19.8 Å². The molecule has 2 aliphatic rings. The molecule has 0 radical (unpaired) electrons. The van der Waals surface area contributed by atoms with E-state index in [2.05, 4.69) is 4.98 Å². The van der Waals surface area contributed by atoms with E-state index < -0.39 is 0 Å². The minimum Gasteiger partial charge on any atom is -0.378 e. The third-order valence-corrected chi connectivity index (χ3v) is 6.66. The molecule has 6 nitrogen and oxygen atoms in total. The van der Waals surface area contributed by atoms with Crippen molar-refractivity contribution in [3.63, 3.8) is 0 Å². The summed E-state index contributed by atoms with van der Waals surface area (Å²) in [4.78, 5) is 34.8. The number of piperidine rings is 1. The third kappa shape index (κ3) is 3.95. The van der Waals surface area contributed by atoms with Gasteiger partial charge in [0, 0.05) is 37.7 Å². The Hall–Kier alpha value is -2.25. The summed E-state index contributed by atoms with van der Waals surface area (Å²) >= 11 is 1.45. The third-order valence-electron chi connectivity index (χ3n) is 5.47. The molecule has 1 aromatic carbocycles. The lowest BCUT2D eigenvalue weighted by molar-refractivity contribution is -0.141. The smallest absolute Gasteiger partial charge is 0.265 e. The molecule has 3 heterocycles. The van der Waals surface area contributed by atoms with E-state index in [-0.39, 0.29) is 17.7 Å². The molecule has 2 fully saturated rings. The highest BCUT2D eigenvalue weighted by Crippen LogP contribution is 2.30. The second-order valence-electron chi connectivity index (χ2n) is 7.30. The number of morpholine rings is 1. The molecule has 28 heavy (non-hydrogen) atoms. The molecule has 4 rings (SSSR count). The SMILES string of the molecule is Cc1nc(-c2ccccc2)sc1C(=O)N1CCC(C(=O)N2CCOCC2)CC1. The Morgan fingerprint density at radius 1 is 1.04 bits per heavy atom. The lowest BCUT2D eigenvalue weighted by Gasteiger charge is -2.35. The van der Waals surface area contributed by atoms with Gasteiger partial charge in [0.25, 0.3) is 5.91 Å². The highest BCUT2D eigenvalue weighted by atomic mass is 32.1. The topological polar surface area (TPSA) is 62.7 Å². The van der Waals surface area contributed by atoms with Crippen molar-refractivity contribution in [1.82, 2.24) is 14.8 Å². The average Bonchev–Trinajstić information content (AvgIpc) is 3.16. The van der Waals surface area contributed by atoms with Crippen LogP contribution in [0.1, 0.15) is 28.2 Å². The van der Waals surface area contributed by atoms with Gasteiger partial charge in [-0.3, -0.25) is 9.59 Å². The van der Waals surface area contributed by atoms with Crippen LogP contribution in [0.2, 0.25) is 0 Å². The molecule has 2 amide bonds. The van der Waals surface area contributed by atoms with E-state index in [1.54, 1.807) is 0 Å². The number of hydrogen-bond acceptors (Lipinski definition) is 5. The van der Waals surface area contributed by atoms with Crippen LogP contribution < -0.4 is 0 Å². The fourth-order valence-electron chi connectivity index (χ4n) is 3.81. The number of carbonyl (C=O) groups excluding carboxylic acids is 2. The number of benzene rings is 1. The Morgan fingerprint density at radius 3 is 2.39 bits per heavy atom. The van der Waals surface area contributed by atoms with E-state index in [4.69, 9.17) is 4.74 Å². The standard InChI is InChI=1S/C21H25N3O3S/c1-15-18(28-19(22-15)16-5-3-2-4-6-16)21(26)23-9-7-17(8-10-23)20(25)24-11-13-27-14-12-24/h2-6,17H,7-14H2,1H3. The Bertz CT molecular complexity index is 838. The molecule has 2 aromatic rings. The first-order valence-corrected chi connectivity index (χ1v) is 10.6. The van der Waals surface area contributed by atoms with Gasteiger partial charge in [0.05, 0.1) is 18.9 Å². The summed E-state index contributed by atoms with van der Waals surface area (Å²) in [6.45, 7) is 5.75. The Morgan fingerprint density at radius 2 is 1.71 bits per heavy atom. The van der Waals surface area contributed by atoms with Gasteiger partial charge in [0.2, 0.25) is 5.91 Å². The van der Waals surface area contributed by atoms with Crippen LogP contribution in [0.15, 0.2) is 30.3 Å². The minimum atomic E-state index is 0.0181. The molecule has 0 aliphatic carbocycles. The Kier molecular flexibility index (Phi) is 5.73. The first-order chi connectivity index (χ1) is 13.6. The molecule has 2 saturated heterocycles. The zero-order chi connectivity index (χ0) is 19.5. The van der Waals surface area contributed by atoms with Crippen LogP contribution in [0.3, 0.4) is 0 Å². The second-order valence-corrected chi connectivity index (χ2v) is 8.30. The molecule has 0 spiro atoms. The lowest BCUT2D eigenvalue weighted by Crippen LogP contribution is -2.47. The highest BCUT2D eigenvalue weighted by Gasteiger charge is 2.32. The molecule has 0 saturated carbocycles. The zero-order valence-corrected chi connectivity index (χ0v) is 16.9. The quantitative estimate of drug-likeness (QED) is 0.796. The van der Waals surface area contributed by atoms with E-state index in [1.807, 2.05) is 47.1 Å². The Labute approximate surface area is 169 Å². The van der Waals surface area contributed by atoms with Crippen molar-refractivity contribution in [3.8, 4) is 10.6 Å². The summed E-state index contributed by atoms with van der Waals surface area (Å²) in [6, 6.07) is 9.94. The van der Waals surface area contributed by atoms with Crippen LogP contribution in [0, 0.1) is 12.8 Å². The highest BCUT2D eigenvalue weighted by molar-refractivity contribution is 7.17. The number of aromatic nitrogens is 1. The molecule has 1 aromatic heterocycles. The normalized spacial score (nSPS) is 18.3. The number of amides is 2. The fourth-order valence-corrected chi connectivity index (χ4v) is 4.85. The van der Waals surface area contributed by atoms with Crippen molar-refractivity contribution < 1.29 is 14.3 Å². The van der Waals surface area contributed by atoms with Gasteiger partial charge in [-0.1, -0.05) is 30.3 Å². The monoisotopic (exact) mass is 399 g/mol. The van der Waals surface area contributed by atoms with Gasteiger partial charge < -0.3 is 14.5 Å². The number of ether oxygens (including phenoxy) is 1. The van der Waals surface area contributed by atoms with E-state index in [1.165, 1.54) is 11.3 Å². The van der Waals surface area contributed by atoms with Gasteiger partial charge in [0.1, 0.15) is 9.88 Å². The van der Waals surface area contributed by atoms with E-state index in [0.717, 1.165) is 29.1 Å². The number of aryl methyl sites for hydroxylation is 1. The van der Waals surface area contributed by atoms with Gasteiger partial charge in [-0.15, -0.1) is 11.3 Å². The van der Waals surface area contributed by atoms with Crippen LogP contribution in [0.4, 0.5) is 0 Å². The first-order valence-electron chi connectivity index (χ1n) is 9.82. The predicted molar refractivity (Wildman–Crippen MR) is 108 cm³/mol. The van der Waals surface area contributed by atoms with Crippen LogP contribution in [0.5, 0.6) is 0 Å². The van der Waals surface area contributed by atoms with Crippen molar-refractivity contribution in [2.75, 3.05) is 39.4 Å². The van der Waals surface area contributed by atoms with Crippen LogP contribution >= 0.6 is 11.3 Å². The second kappa shape index (κ2) is 8.41. The summed E-state index contributed by atoms with van der Waals surface area (Å²) in [5, 5.41) is 0.874. The molecule has 148 valence electrons. The molecular weight excluding hydrogens is 374 g/mol. The van der Waals surface area contributed by atoms with E-state index >= 15 is 0 Å². The molecule has 0 atom stereocenters. The molecule has 2 aliphatic heterocycles. The van der Waals surface area contributed by atoms with Crippen LogP contribution in [0.25, 0.3) is 10.6 Å². The Balaban J connectivity index is 1.39. The summed E-state index contributed by atoms with van der Waals surface area (Å²) < 4.78 is 5.33. The van der Waals surface area contributed by atoms with Gasteiger partial charge in [-0.05, 0) is 19.8 Å². The summed E-state index contributed by atoms with van der Waals surface area (Å²) in [7, 11) is 0. The number of carbonyl (C=O) groups is 2. The fraction of sp³-hybridized carbons (Fsp3) is 0.476. The average molecular weight is 400 g/mol. The number of rotatable bonds is 3. The summed E-state index contributed by atoms with van der Waals surface area (Å²) in [6.07, 6.45) is 1.46. The van der Waals surface area contributed by atoms with Crippen molar-refractivity contribution in [3.05, 3.63) is 40.9 Å². The predicted octanol–water partition coefficient (Wildman–Crippen LogP) is 2.83. The zero-order valence-electron chi connectivity index (χ0n) is 16.1. The maximum atomic E-state index is 13.0. The summed E-state index contributed by atoms with van der Waals surface area (Å²) in [5.41, 5.74) is 1.81. The number of hydrogen-bond donors (Lipinski definition) is 0. The maximum Gasteiger partial charge on any atom is 0.265 e. The molecule has 0 bridgehead atoms. The van der Waals surface area contributed by atoms with E-state index in [0.29, 0.717) is 44.3 Å². The van der Waals surface area contributed by atoms with Gasteiger partial charge in [0.15, 0.2) is 0 Å². The van der Waals surface area contributed by atoms with Crippen molar-refractivity contribution in [2.24, 2.45) is 5.92 Å². The number of nitrogens with zero attached hydrogens (tertiary/aromatic N) is 3. The van der Waals surface area contributed by atoms with Crippen molar-refractivity contribution >= 4 is 23.2 Å². The summed E-state index contributed by atoms with van der Waals surface area (Å²) in [5.74, 6) is 0.273. The molecule has 7 heteroatoms. The van der Waals surface area contributed by atoms with Gasteiger partial charge in [-0.2, -0.15) is 0 Å². The minimum absolute atomic E-state index is 0.0181. The largest absolute Gasteiger partial charge is 0.378 e. The lowest BCUT2D eigenvalue weighted by atomic mass is 9.95. The van der Waals surface area contributed by atoms with Crippen LogP contribution in [-0.4, -0.2) is 66.0 Å². The van der Waals surface area contributed by atoms with Crippen molar-refractivity contribution in [1.29, 1.82) is 0 Å².